The van der Waals surface area contributed by atoms with Crippen molar-refractivity contribution in [3.63, 3.8) is 0 Å². The number of hydrogen-bond acceptors (Lipinski definition) is 2. The maximum Gasteiger partial charge on any atom is 0.270 e. The number of carbonyl (C=O) groups excluding carboxylic acids is 1. The molecule has 0 radical (unpaired) electrons. The fraction of sp³-hybridized carbons (Fsp3) is 0.556. The van der Waals surface area contributed by atoms with Gasteiger partial charge in [-0.25, -0.2) is 4.98 Å². The standard InChI is InChI=1S/C9H12BrN3O/c1-13-6-11-4-7(13)8(14)12-9(5-10)2-3-9/h4,6H,2-3,5H2,1H3,(H,12,14). The highest BCUT2D eigenvalue weighted by Crippen LogP contribution is 2.37. The fourth-order valence-electron chi connectivity index (χ4n) is 1.32. The zero-order valence-electron chi connectivity index (χ0n) is 7.96. The summed E-state index contributed by atoms with van der Waals surface area (Å²) in [5.74, 6) is -0.0399. The van der Waals surface area contributed by atoms with Crippen molar-refractivity contribution >= 4 is 21.8 Å². The topological polar surface area (TPSA) is 46.9 Å². The van der Waals surface area contributed by atoms with Crippen molar-refractivity contribution in [2.24, 2.45) is 7.05 Å². The van der Waals surface area contributed by atoms with Crippen molar-refractivity contribution in [1.29, 1.82) is 0 Å². The van der Waals surface area contributed by atoms with Crippen LogP contribution in [0, 0.1) is 0 Å². The Labute approximate surface area is 90.8 Å². The number of halogens is 1. The molecule has 1 amide bonds. The number of imidazole rings is 1. The van der Waals surface area contributed by atoms with Crippen LogP contribution >= 0.6 is 15.9 Å². The SMILES string of the molecule is Cn1cncc1C(=O)NC1(CBr)CC1. The highest BCUT2D eigenvalue weighted by atomic mass is 79.9. The van der Waals surface area contributed by atoms with Crippen molar-refractivity contribution in [2.75, 3.05) is 5.33 Å². The van der Waals surface area contributed by atoms with Crippen molar-refractivity contribution in [2.45, 2.75) is 18.4 Å². The van der Waals surface area contributed by atoms with E-state index < -0.39 is 0 Å². The van der Waals surface area contributed by atoms with E-state index in [2.05, 4.69) is 26.2 Å². The summed E-state index contributed by atoms with van der Waals surface area (Å²) >= 11 is 3.41. The molecule has 0 saturated heterocycles. The summed E-state index contributed by atoms with van der Waals surface area (Å²) < 4.78 is 1.72. The van der Waals surface area contributed by atoms with Crippen LogP contribution in [-0.2, 0) is 7.05 Å². The molecule has 4 nitrogen and oxygen atoms in total. The number of aryl methyl sites for hydroxylation is 1. The Hall–Kier alpha value is -0.840. The minimum atomic E-state index is -0.0399. The van der Waals surface area contributed by atoms with Gasteiger partial charge in [0.1, 0.15) is 5.69 Å². The summed E-state index contributed by atoms with van der Waals surface area (Å²) in [6, 6.07) is 0. The third kappa shape index (κ3) is 1.68. The number of amides is 1. The Bertz CT molecular complexity index is 357. The molecular weight excluding hydrogens is 246 g/mol. The molecule has 14 heavy (non-hydrogen) atoms. The molecule has 1 aliphatic rings. The molecular formula is C9H12BrN3O. The minimum absolute atomic E-state index is 0.00134. The molecule has 1 saturated carbocycles. The molecule has 0 aromatic carbocycles. The fourth-order valence-corrected chi connectivity index (χ4v) is 2.02. The second-order valence-electron chi connectivity index (χ2n) is 3.76. The molecule has 0 spiro atoms. The van der Waals surface area contributed by atoms with Crippen molar-refractivity contribution < 1.29 is 4.79 Å². The summed E-state index contributed by atoms with van der Waals surface area (Å²) in [5.41, 5.74) is 0.610. The highest BCUT2D eigenvalue weighted by molar-refractivity contribution is 9.09. The number of nitrogens with one attached hydrogen (secondary N) is 1. The second kappa shape index (κ2) is 3.38. The Balaban J connectivity index is 2.07. The van der Waals surface area contributed by atoms with E-state index in [9.17, 15) is 4.79 Å². The molecule has 1 aliphatic carbocycles. The van der Waals surface area contributed by atoms with Crippen molar-refractivity contribution in [3.05, 3.63) is 18.2 Å². The van der Waals surface area contributed by atoms with Crippen LogP contribution in [0.15, 0.2) is 12.5 Å². The van der Waals surface area contributed by atoms with E-state index in [0.717, 1.165) is 18.2 Å². The van der Waals surface area contributed by atoms with Gasteiger partial charge in [0.2, 0.25) is 0 Å². The van der Waals surface area contributed by atoms with Gasteiger partial charge in [0, 0.05) is 12.4 Å². The molecule has 2 rings (SSSR count). The van der Waals surface area contributed by atoms with Crippen LogP contribution in [0.4, 0.5) is 0 Å². The number of carbonyl (C=O) groups is 1. The van der Waals surface area contributed by atoms with E-state index in [1.807, 2.05) is 7.05 Å². The smallest absolute Gasteiger partial charge is 0.270 e. The zero-order valence-corrected chi connectivity index (χ0v) is 9.54. The third-order valence-electron chi connectivity index (χ3n) is 2.54. The second-order valence-corrected chi connectivity index (χ2v) is 4.32. The highest BCUT2D eigenvalue weighted by Gasteiger charge is 2.43. The van der Waals surface area contributed by atoms with Gasteiger partial charge in [-0.05, 0) is 12.8 Å². The first kappa shape index (κ1) is 9.71. The maximum absolute atomic E-state index is 11.7. The predicted molar refractivity (Wildman–Crippen MR) is 56.4 cm³/mol. The van der Waals surface area contributed by atoms with Gasteiger partial charge in [-0.3, -0.25) is 4.79 Å². The summed E-state index contributed by atoms with van der Waals surface area (Å²) in [5, 5.41) is 3.84. The van der Waals surface area contributed by atoms with Gasteiger partial charge in [0.05, 0.1) is 18.1 Å². The molecule has 1 aromatic heterocycles. The van der Waals surface area contributed by atoms with E-state index in [0.29, 0.717) is 5.69 Å². The van der Waals surface area contributed by atoms with Crippen LogP contribution in [0.5, 0.6) is 0 Å². The van der Waals surface area contributed by atoms with Gasteiger partial charge >= 0.3 is 0 Å². The first-order valence-corrected chi connectivity index (χ1v) is 5.64. The third-order valence-corrected chi connectivity index (χ3v) is 3.61. The lowest BCUT2D eigenvalue weighted by atomic mass is 10.3. The average molecular weight is 258 g/mol. The molecule has 1 fully saturated rings. The minimum Gasteiger partial charge on any atom is -0.344 e. The van der Waals surface area contributed by atoms with Crippen LogP contribution in [0.25, 0.3) is 0 Å². The van der Waals surface area contributed by atoms with Crippen LogP contribution in [0.3, 0.4) is 0 Å². The Morgan fingerprint density at radius 1 is 1.79 bits per heavy atom. The van der Waals surface area contributed by atoms with Crippen LogP contribution in [0.2, 0.25) is 0 Å². The van der Waals surface area contributed by atoms with Gasteiger partial charge in [0.25, 0.3) is 5.91 Å². The van der Waals surface area contributed by atoms with E-state index in [4.69, 9.17) is 0 Å². The first-order chi connectivity index (χ1) is 6.67. The number of nitrogens with zero attached hydrogens (tertiary/aromatic N) is 2. The van der Waals surface area contributed by atoms with Gasteiger partial charge in [-0.2, -0.15) is 0 Å². The number of alkyl halides is 1. The van der Waals surface area contributed by atoms with Gasteiger partial charge in [-0.1, -0.05) is 15.9 Å². The molecule has 76 valence electrons. The van der Waals surface area contributed by atoms with E-state index >= 15 is 0 Å². The Kier molecular flexibility index (Phi) is 2.34. The van der Waals surface area contributed by atoms with Gasteiger partial charge in [-0.15, -0.1) is 0 Å². The monoisotopic (exact) mass is 257 g/mol. The van der Waals surface area contributed by atoms with Gasteiger partial charge < -0.3 is 9.88 Å². The quantitative estimate of drug-likeness (QED) is 0.824. The summed E-state index contributed by atoms with van der Waals surface area (Å²) in [7, 11) is 1.82. The lowest BCUT2D eigenvalue weighted by Crippen LogP contribution is -2.38. The molecule has 0 aliphatic heterocycles. The molecule has 1 N–H and O–H groups in total. The molecule has 1 heterocycles. The Morgan fingerprint density at radius 2 is 2.50 bits per heavy atom. The molecule has 0 atom stereocenters. The number of hydrogen-bond donors (Lipinski definition) is 1. The molecule has 5 heteroatoms. The Morgan fingerprint density at radius 3 is 2.93 bits per heavy atom. The van der Waals surface area contributed by atoms with Crippen LogP contribution in [-0.4, -0.2) is 26.3 Å². The maximum atomic E-state index is 11.7. The molecule has 0 unspecified atom stereocenters. The first-order valence-electron chi connectivity index (χ1n) is 4.52. The number of aromatic nitrogens is 2. The normalized spacial score (nSPS) is 17.9. The molecule has 1 aromatic rings. The van der Waals surface area contributed by atoms with Crippen molar-refractivity contribution in [1.82, 2.24) is 14.9 Å². The van der Waals surface area contributed by atoms with Gasteiger partial charge in [0.15, 0.2) is 0 Å². The summed E-state index contributed by atoms with van der Waals surface area (Å²) in [4.78, 5) is 15.7. The summed E-state index contributed by atoms with van der Waals surface area (Å²) in [6.45, 7) is 0. The van der Waals surface area contributed by atoms with E-state index in [-0.39, 0.29) is 11.4 Å². The lowest BCUT2D eigenvalue weighted by molar-refractivity contribution is 0.0928. The van der Waals surface area contributed by atoms with Crippen molar-refractivity contribution in [3.8, 4) is 0 Å². The zero-order chi connectivity index (χ0) is 10.2. The van der Waals surface area contributed by atoms with E-state index in [1.165, 1.54) is 0 Å². The van der Waals surface area contributed by atoms with Crippen LogP contribution in [0.1, 0.15) is 23.3 Å². The largest absolute Gasteiger partial charge is 0.344 e. The van der Waals surface area contributed by atoms with Crippen LogP contribution < -0.4 is 5.32 Å². The van der Waals surface area contributed by atoms with E-state index in [1.54, 1.807) is 17.1 Å². The number of rotatable bonds is 3. The predicted octanol–water partition coefficient (Wildman–Crippen LogP) is 1.08. The summed E-state index contributed by atoms with van der Waals surface area (Å²) in [6.07, 6.45) is 5.33. The lowest BCUT2D eigenvalue weighted by Gasteiger charge is -2.13. The average Bonchev–Trinajstić information content (AvgIpc) is 2.80. The molecule has 0 bridgehead atoms.